The van der Waals surface area contributed by atoms with Crippen LogP contribution in [0.15, 0.2) is 18.2 Å². The van der Waals surface area contributed by atoms with Gasteiger partial charge in [-0.1, -0.05) is 6.07 Å². The molecule has 1 aromatic carbocycles. The number of ether oxygens (including phenoxy) is 2. The fraction of sp³-hybridized carbons (Fsp3) is 0.455. The summed E-state index contributed by atoms with van der Waals surface area (Å²) in [7, 11) is 0. The van der Waals surface area contributed by atoms with Crippen molar-refractivity contribution in [1.29, 1.82) is 0 Å². The van der Waals surface area contributed by atoms with E-state index in [1.165, 1.54) is 0 Å². The molecule has 0 unspecified atom stereocenters. The number of hydrogen-bond donors (Lipinski definition) is 1. The lowest BCUT2D eigenvalue weighted by molar-refractivity contribution is 0.128. The number of nitrogens with two attached hydrogens (primary N) is 1. The molecule has 1 aromatic rings. The van der Waals surface area contributed by atoms with Crippen LogP contribution in [0.25, 0.3) is 0 Å². The summed E-state index contributed by atoms with van der Waals surface area (Å²) < 4.78 is 35.0. The fourth-order valence-corrected chi connectivity index (χ4v) is 1.62. The van der Waals surface area contributed by atoms with Gasteiger partial charge in [0.1, 0.15) is 13.2 Å². The molecule has 2 N–H and O–H groups in total. The summed E-state index contributed by atoms with van der Waals surface area (Å²) in [5.41, 5.74) is 6.30. The maximum absolute atomic E-state index is 12.2. The quantitative estimate of drug-likeness (QED) is 0.863. The Kier molecular flexibility index (Phi) is 3.24. The van der Waals surface area contributed by atoms with Crippen molar-refractivity contribution >= 4 is 0 Å². The minimum Gasteiger partial charge on any atom is -0.486 e. The van der Waals surface area contributed by atoms with Crippen LogP contribution in [0, 0.1) is 0 Å². The SMILES string of the molecule is N[C@H](CC(F)F)c1ccc2c(c1)OCCO2. The van der Waals surface area contributed by atoms with E-state index < -0.39 is 12.5 Å². The highest BCUT2D eigenvalue weighted by Crippen LogP contribution is 2.33. The van der Waals surface area contributed by atoms with Crippen molar-refractivity contribution < 1.29 is 18.3 Å². The third-order valence-corrected chi connectivity index (χ3v) is 2.43. The van der Waals surface area contributed by atoms with Crippen LogP contribution in [-0.4, -0.2) is 19.6 Å². The smallest absolute Gasteiger partial charge is 0.240 e. The van der Waals surface area contributed by atoms with E-state index in [9.17, 15) is 8.78 Å². The Balaban J connectivity index is 2.16. The van der Waals surface area contributed by atoms with Gasteiger partial charge < -0.3 is 15.2 Å². The Morgan fingerprint density at radius 1 is 1.19 bits per heavy atom. The maximum Gasteiger partial charge on any atom is 0.240 e. The highest BCUT2D eigenvalue weighted by molar-refractivity contribution is 5.44. The zero-order valence-corrected chi connectivity index (χ0v) is 8.66. The molecule has 88 valence electrons. The molecule has 0 radical (unpaired) electrons. The minimum atomic E-state index is -2.40. The molecule has 0 fully saturated rings. The predicted molar refractivity (Wildman–Crippen MR) is 55.0 cm³/mol. The molecule has 0 saturated carbocycles. The first-order valence-corrected chi connectivity index (χ1v) is 5.10. The number of alkyl halides is 2. The lowest BCUT2D eigenvalue weighted by atomic mass is 10.0. The second-order valence-electron chi connectivity index (χ2n) is 3.64. The van der Waals surface area contributed by atoms with Gasteiger partial charge in [-0.15, -0.1) is 0 Å². The Morgan fingerprint density at radius 3 is 2.56 bits per heavy atom. The van der Waals surface area contributed by atoms with Gasteiger partial charge in [0.25, 0.3) is 0 Å². The van der Waals surface area contributed by atoms with Crippen LogP contribution >= 0.6 is 0 Å². The van der Waals surface area contributed by atoms with Crippen molar-refractivity contribution in [2.75, 3.05) is 13.2 Å². The topological polar surface area (TPSA) is 44.5 Å². The molecule has 1 aliphatic heterocycles. The molecule has 0 bridgehead atoms. The third-order valence-electron chi connectivity index (χ3n) is 2.43. The molecule has 0 saturated heterocycles. The molecule has 2 rings (SSSR count). The molecule has 16 heavy (non-hydrogen) atoms. The van der Waals surface area contributed by atoms with E-state index in [0.717, 1.165) is 0 Å². The predicted octanol–water partition coefficient (Wildman–Crippen LogP) is 2.11. The molecule has 0 aliphatic carbocycles. The van der Waals surface area contributed by atoms with Crippen LogP contribution < -0.4 is 15.2 Å². The van der Waals surface area contributed by atoms with E-state index in [2.05, 4.69) is 0 Å². The Hall–Kier alpha value is -1.36. The monoisotopic (exact) mass is 229 g/mol. The van der Waals surface area contributed by atoms with Crippen LogP contribution in [0.4, 0.5) is 8.78 Å². The molecular formula is C11H13F2NO2. The van der Waals surface area contributed by atoms with E-state index in [1.54, 1.807) is 18.2 Å². The average Bonchev–Trinajstić information content (AvgIpc) is 2.27. The summed E-state index contributed by atoms with van der Waals surface area (Å²) in [6.45, 7) is 0.982. The minimum absolute atomic E-state index is 0.348. The van der Waals surface area contributed by atoms with Crippen molar-refractivity contribution in [1.82, 2.24) is 0 Å². The number of hydrogen-bond acceptors (Lipinski definition) is 3. The zero-order valence-electron chi connectivity index (χ0n) is 8.66. The van der Waals surface area contributed by atoms with E-state index in [1.807, 2.05) is 0 Å². The van der Waals surface area contributed by atoms with Gasteiger partial charge in [-0.25, -0.2) is 8.78 Å². The fourth-order valence-electron chi connectivity index (χ4n) is 1.62. The molecule has 1 atom stereocenters. The van der Waals surface area contributed by atoms with Gasteiger partial charge >= 0.3 is 0 Å². The molecule has 1 heterocycles. The van der Waals surface area contributed by atoms with Gasteiger partial charge in [0.15, 0.2) is 11.5 Å². The second-order valence-corrected chi connectivity index (χ2v) is 3.64. The highest BCUT2D eigenvalue weighted by Gasteiger charge is 2.17. The van der Waals surface area contributed by atoms with Gasteiger partial charge in [-0.2, -0.15) is 0 Å². The van der Waals surface area contributed by atoms with Crippen LogP contribution in [-0.2, 0) is 0 Å². The lowest BCUT2D eigenvalue weighted by Gasteiger charge is -2.20. The van der Waals surface area contributed by atoms with E-state index in [-0.39, 0.29) is 6.42 Å². The summed E-state index contributed by atoms with van der Waals surface area (Å²) in [6.07, 6.45) is -2.75. The Morgan fingerprint density at radius 2 is 1.88 bits per heavy atom. The first-order chi connectivity index (χ1) is 7.66. The van der Waals surface area contributed by atoms with Crippen molar-refractivity contribution in [3.63, 3.8) is 0 Å². The van der Waals surface area contributed by atoms with Crippen molar-refractivity contribution in [3.8, 4) is 11.5 Å². The van der Waals surface area contributed by atoms with Crippen molar-refractivity contribution in [2.45, 2.75) is 18.9 Å². The molecule has 0 aromatic heterocycles. The largest absolute Gasteiger partial charge is 0.486 e. The van der Waals surface area contributed by atoms with E-state index in [4.69, 9.17) is 15.2 Å². The van der Waals surface area contributed by atoms with E-state index >= 15 is 0 Å². The summed E-state index contributed by atoms with van der Waals surface area (Å²) in [4.78, 5) is 0. The van der Waals surface area contributed by atoms with Crippen molar-refractivity contribution in [2.24, 2.45) is 5.73 Å². The molecule has 1 aliphatic rings. The summed E-state index contributed by atoms with van der Waals surface area (Å²) in [5.74, 6) is 1.22. The summed E-state index contributed by atoms with van der Waals surface area (Å²) in [6, 6.07) is 4.40. The van der Waals surface area contributed by atoms with Crippen LogP contribution in [0.2, 0.25) is 0 Å². The average molecular weight is 229 g/mol. The van der Waals surface area contributed by atoms with E-state index in [0.29, 0.717) is 30.3 Å². The van der Waals surface area contributed by atoms with Crippen molar-refractivity contribution in [3.05, 3.63) is 23.8 Å². The van der Waals surface area contributed by atoms with Gasteiger partial charge in [-0.05, 0) is 17.7 Å². The van der Waals surface area contributed by atoms with Crippen LogP contribution in [0.3, 0.4) is 0 Å². The zero-order chi connectivity index (χ0) is 11.5. The third kappa shape index (κ3) is 2.41. The van der Waals surface area contributed by atoms with Gasteiger partial charge in [0.2, 0.25) is 6.43 Å². The first-order valence-electron chi connectivity index (χ1n) is 5.10. The number of fused-ring (bicyclic) bond motifs is 1. The first kappa shape index (κ1) is 11.1. The molecule has 0 amide bonds. The van der Waals surface area contributed by atoms with Crippen LogP contribution in [0.1, 0.15) is 18.0 Å². The van der Waals surface area contributed by atoms with Crippen LogP contribution in [0.5, 0.6) is 11.5 Å². The number of rotatable bonds is 3. The lowest BCUT2D eigenvalue weighted by Crippen LogP contribution is -2.17. The van der Waals surface area contributed by atoms with Gasteiger partial charge in [-0.3, -0.25) is 0 Å². The molecule has 0 spiro atoms. The standard InChI is InChI=1S/C11H13F2NO2/c12-11(13)6-8(14)7-1-2-9-10(5-7)16-4-3-15-9/h1-2,5,8,11H,3-4,6,14H2/t8-/m1/s1. The van der Waals surface area contributed by atoms with Gasteiger partial charge in [0, 0.05) is 12.5 Å². The molecule has 5 heteroatoms. The Bertz CT molecular complexity index is 371. The Labute approximate surface area is 92.1 Å². The second kappa shape index (κ2) is 4.65. The highest BCUT2D eigenvalue weighted by atomic mass is 19.3. The number of halogens is 2. The summed E-state index contributed by atoms with van der Waals surface area (Å²) in [5, 5.41) is 0. The molecular weight excluding hydrogens is 216 g/mol. The maximum atomic E-state index is 12.2. The normalized spacial score (nSPS) is 16.2. The summed E-state index contributed by atoms with van der Waals surface area (Å²) >= 11 is 0. The number of benzene rings is 1. The molecule has 3 nitrogen and oxygen atoms in total. The van der Waals surface area contributed by atoms with Gasteiger partial charge in [0.05, 0.1) is 0 Å².